The van der Waals surface area contributed by atoms with Crippen molar-refractivity contribution in [1.82, 2.24) is 0 Å². The van der Waals surface area contributed by atoms with Crippen molar-refractivity contribution in [2.45, 2.75) is 76.4 Å². The lowest BCUT2D eigenvalue weighted by atomic mass is 9.87. The molecular formula is C23H32I3NO2. The van der Waals surface area contributed by atoms with Crippen LogP contribution in [-0.2, 0) is 0 Å². The predicted molar refractivity (Wildman–Crippen MR) is 145 cm³/mol. The van der Waals surface area contributed by atoms with Crippen LogP contribution in [0.4, 0.5) is 0 Å². The van der Waals surface area contributed by atoms with E-state index in [1.807, 2.05) is 24.3 Å². The first-order valence-electron chi connectivity index (χ1n) is 10.7. The summed E-state index contributed by atoms with van der Waals surface area (Å²) >= 11 is 4.24. The van der Waals surface area contributed by atoms with Crippen molar-refractivity contribution >= 4 is 61.2 Å². The third kappa shape index (κ3) is 7.94. The lowest BCUT2D eigenvalue weighted by Crippen LogP contribution is -2.25. The Hall–Kier alpha value is 0.660. The zero-order valence-corrected chi connectivity index (χ0v) is 23.5. The van der Waals surface area contributed by atoms with Crippen LogP contribution < -0.4 is 4.74 Å². The van der Waals surface area contributed by atoms with Gasteiger partial charge in [-0.15, -0.1) is 24.0 Å². The molecule has 4 aliphatic rings. The molecule has 0 aromatic heterocycles. The quantitative estimate of drug-likeness (QED) is 0.321. The summed E-state index contributed by atoms with van der Waals surface area (Å²) in [4.78, 5) is 0. The van der Waals surface area contributed by atoms with Crippen LogP contribution in [-0.4, -0.2) is 17.3 Å². The number of ether oxygens (including phenoxy) is 1. The Morgan fingerprint density at radius 3 is 1.69 bits per heavy atom. The number of aliphatic hydroxyl groups excluding tert-OH is 1. The zero-order valence-electron chi connectivity index (χ0n) is 16.8. The van der Waals surface area contributed by atoms with Gasteiger partial charge in [0.25, 0.3) is 0 Å². The average molecular weight is 735 g/mol. The van der Waals surface area contributed by atoms with E-state index in [9.17, 15) is 5.11 Å². The van der Waals surface area contributed by atoms with Crippen LogP contribution in [0.3, 0.4) is 0 Å². The maximum absolute atomic E-state index is 9.29. The fraction of sp³-hybridized carbons (Fsp3) is 0.696. The van der Waals surface area contributed by atoms with Crippen molar-refractivity contribution < 1.29 is 9.84 Å². The highest BCUT2D eigenvalue weighted by atomic mass is 128. The molecule has 0 saturated heterocycles. The molecule has 29 heavy (non-hydrogen) atoms. The number of nitrogens with zero attached hydrogens (tertiary/aromatic N) is 1. The fourth-order valence-corrected chi connectivity index (χ4v) is 5.82. The highest BCUT2D eigenvalue weighted by Gasteiger charge is 2.35. The first-order chi connectivity index (χ1) is 13.7. The van der Waals surface area contributed by atoms with Gasteiger partial charge >= 0.3 is 0 Å². The maximum atomic E-state index is 9.29. The molecule has 1 aromatic rings. The Labute approximate surface area is 216 Å². The first-order valence-corrected chi connectivity index (χ1v) is 17.0. The van der Waals surface area contributed by atoms with Crippen LogP contribution in [0.1, 0.15) is 69.8 Å². The Balaban J connectivity index is 0.000000212. The molecule has 4 fully saturated rings. The Morgan fingerprint density at radius 1 is 0.793 bits per heavy atom. The third-order valence-electron chi connectivity index (χ3n) is 6.99. The number of nitriles is 1. The topological polar surface area (TPSA) is 53.2 Å². The van der Waals surface area contributed by atoms with E-state index in [1.54, 1.807) is 0 Å². The number of benzene rings is 1. The lowest BCUT2D eigenvalue weighted by Gasteiger charge is -2.28. The summed E-state index contributed by atoms with van der Waals surface area (Å²) in [7, 11) is 0. The van der Waals surface area contributed by atoms with Crippen LogP contribution >= 0.6 is 61.2 Å². The number of hydrogen-bond donors (Lipinski definition) is 1. The van der Waals surface area contributed by atoms with Crippen LogP contribution in [0.15, 0.2) is 24.3 Å². The van der Waals surface area contributed by atoms with Gasteiger partial charge in [-0.3, -0.25) is 0 Å². The fourth-order valence-electron chi connectivity index (χ4n) is 5.82. The second kappa shape index (κ2) is 13.3. The SMILES string of the molecule is I.II.N#Cc1ccc(OC2C[C@H]3CC[C@@H](C2)C3)cc1.OC1C[C@H]2CC[C@@H](C1)C2. The molecule has 0 radical (unpaired) electrons. The molecule has 2 unspecified atom stereocenters. The second-order valence-electron chi connectivity index (χ2n) is 9.06. The van der Waals surface area contributed by atoms with Gasteiger partial charge in [-0.25, -0.2) is 0 Å². The highest BCUT2D eigenvalue weighted by molar-refractivity contribution is 15.0. The van der Waals surface area contributed by atoms with Gasteiger partial charge in [-0.05, 0) is 86.5 Å². The first kappa shape index (κ1) is 25.9. The summed E-state index contributed by atoms with van der Waals surface area (Å²) in [6.45, 7) is 0. The number of aliphatic hydroxyl groups is 1. The largest absolute Gasteiger partial charge is 0.490 e. The van der Waals surface area contributed by atoms with E-state index in [4.69, 9.17) is 10.00 Å². The number of rotatable bonds is 2. The molecule has 6 atom stereocenters. The zero-order chi connectivity index (χ0) is 19.9. The molecule has 162 valence electrons. The van der Waals surface area contributed by atoms with Gasteiger partial charge < -0.3 is 9.84 Å². The Kier molecular flexibility index (Phi) is 11.9. The Bertz CT molecular complexity index is 625. The van der Waals surface area contributed by atoms with E-state index in [0.717, 1.165) is 42.3 Å². The third-order valence-corrected chi connectivity index (χ3v) is 6.99. The lowest BCUT2D eigenvalue weighted by molar-refractivity contribution is 0.0965. The van der Waals surface area contributed by atoms with Crippen LogP contribution in [0.25, 0.3) is 0 Å². The average Bonchev–Trinajstić information content (AvgIpc) is 3.25. The molecular weight excluding hydrogens is 703 g/mol. The monoisotopic (exact) mass is 735 g/mol. The molecule has 4 aliphatic carbocycles. The van der Waals surface area contributed by atoms with Gasteiger partial charge in [0.15, 0.2) is 0 Å². The molecule has 0 heterocycles. The van der Waals surface area contributed by atoms with Crippen molar-refractivity contribution in [1.29, 1.82) is 5.26 Å². The van der Waals surface area contributed by atoms with E-state index >= 15 is 0 Å². The molecule has 1 aromatic carbocycles. The minimum Gasteiger partial charge on any atom is -0.490 e. The molecule has 5 rings (SSSR count). The smallest absolute Gasteiger partial charge is 0.119 e. The van der Waals surface area contributed by atoms with Crippen LogP contribution in [0.5, 0.6) is 5.75 Å². The van der Waals surface area contributed by atoms with E-state index in [-0.39, 0.29) is 30.1 Å². The minimum absolute atomic E-state index is 0. The van der Waals surface area contributed by atoms with E-state index < -0.39 is 0 Å². The summed E-state index contributed by atoms with van der Waals surface area (Å²) in [5, 5.41) is 18.0. The van der Waals surface area contributed by atoms with Crippen molar-refractivity contribution in [3.8, 4) is 11.8 Å². The second-order valence-corrected chi connectivity index (χ2v) is 9.06. The van der Waals surface area contributed by atoms with Gasteiger partial charge in [0, 0.05) is 37.2 Å². The number of fused-ring (bicyclic) bond motifs is 4. The molecule has 4 saturated carbocycles. The number of hydrogen-bond acceptors (Lipinski definition) is 3. The molecule has 6 heteroatoms. The summed E-state index contributed by atoms with van der Waals surface area (Å²) in [6, 6.07) is 9.60. The van der Waals surface area contributed by atoms with Crippen molar-refractivity contribution in [3.05, 3.63) is 29.8 Å². The predicted octanol–water partition coefficient (Wildman–Crippen LogP) is 7.46. The number of halogens is 3. The van der Waals surface area contributed by atoms with Gasteiger partial charge in [0.05, 0.1) is 23.8 Å². The molecule has 0 amide bonds. The van der Waals surface area contributed by atoms with Crippen molar-refractivity contribution in [2.75, 3.05) is 0 Å². The van der Waals surface area contributed by atoms with Crippen LogP contribution in [0.2, 0.25) is 0 Å². The summed E-state index contributed by atoms with van der Waals surface area (Å²) in [6.07, 6.45) is 13.5. The molecule has 4 bridgehead atoms. The van der Waals surface area contributed by atoms with Gasteiger partial charge in [-0.2, -0.15) is 5.26 Å². The van der Waals surface area contributed by atoms with Gasteiger partial charge in [0.1, 0.15) is 5.75 Å². The molecule has 0 aliphatic heterocycles. The molecule has 0 spiro atoms. The summed E-state index contributed by atoms with van der Waals surface area (Å²) < 4.78 is 6.03. The van der Waals surface area contributed by atoms with Crippen molar-refractivity contribution in [2.24, 2.45) is 23.7 Å². The standard InChI is InChI=1S/C15H17NO.C8H14O.I2.HI/c16-10-11-3-5-14(6-4-11)17-15-8-12-1-2-13(7-12)9-15;9-8-4-6-1-2-7(3-6)5-8;1-2;/h3-6,12-13,15H,1-2,7-9H2;6-9H,1-5H2;;1H/t12-,13+,15?;6-,7+,8?;;. The van der Waals surface area contributed by atoms with E-state index in [1.165, 1.54) is 51.4 Å². The normalized spacial score (nSPS) is 33.7. The van der Waals surface area contributed by atoms with E-state index in [0.29, 0.717) is 11.7 Å². The van der Waals surface area contributed by atoms with Crippen molar-refractivity contribution in [3.63, 3.8) is 0 Å². The van der Waals surface area contributed by atoms with E-state index in [2.05, 4.69) is 43.3 Å². The highest BCUT2D eigenvalue weighted by Crippen LogP contribution is 2.43. The maximum Gasteiger partial charge on any atom is 0.119 e. The van der Waals surface area contributed by atoms with Gasteiger partial charge in [0.2, 0.25) is 0 Å². The van der Waals surface area contributed by atoms with Gasteiger partial charge in [-0.1, -0.05) is 25.7 Å². The summed E-state index contributed by atoms with van der Waals surface area (Å²) in [5.74, 6) is 4.49. The van der Waals surface area contributed by atoms with Crippen LogP contribution in [0, 0.1) is 35.0 Å². The Morgan fingerprint density at radius 2 is 1.24 bits per heavy atom. The minimum atomic E-state index is 0. The molecule has 3 nitrogen and oxygen atoms in total. The summed E-state index contributed by atoms with van der Waals surface area (Å²) in [5.41, 5.74) is 0.695. The molecule has 1 N–H and O–H groups in total.